The molecule has 0 spiro atoms. The van der Waals surface area contributed by atoms with Crippen molar-refractivity contribution >= 4 is 22.8 Å². The van der Waals surface area contributed by atoms with Crippen LogP contribution in [0.1, 0.15) is 47.2 Å². The first-order valence-corrected chi connectivity index (χ1v) is 9.28. The van der Waals surface area contributed by atoms with E-state index in [1.165, 1.54) is 11.8 Å². The Bertz CT molecular complexity index is 1050. The van der Waals surface area contributed by atoms with Crippen LogP contribution in [0.2, 0.25) is 0 Å². The third kappa shape index (κ3) is 2.83. The monoisotopic (exact) mass is 363 g/mol. The lowest BCUT2D eigenvalue weighted by Crippen LogP contribution is -2.36. The number of furan rings is 1. The number of rotatable bonds is 3. The molecule has 27 heavy (non-hydrogen) atoms. The van der Waals surface area contributed by atoms with Crippen LogP contribution in [0.5, 0.6) is 0 Å². The molecule has 3 aromatic rings. The number of nitrogens with one attached hydrogen (secondary N) is 1. The number of hydrogen-bond donors (Lipinski definition) is 1. The average molecular weight is 363 g/mol. The van der Waals surface area contributed by atoms with E-state index in [-0.39, 0.29) is 11.4 Å². The van der Waals surface area contributed by atoms with Crippen LogP contribution in [0.25, 0.3) is 11.1 Å². The fourth-order valence-electron chi connectivity index (χ4n) is 3.59. The SMILES string of the molecule is Cc1nc(NC2(C)CC2)c2c(C(=O)N3CCc4cccnc4C3)coc2n1. The van der Waals surface area contributed by atoms with Gasteiger partial charge in [-0.15, -0.1) is 0 Å². The summed E-state index contributed by atoms with van der Waals surface area (Å²) in [5, 5.41) is 4.15. The molecule has 7 heteroatoms. The smallest absolute Gasteiger partial charge is 0.258 e. The third-order valence-corrected chi connectivity index (χ3v) is 5.46. The van der Waals surface area contributed by atoms with Crippen molar-refractivity contribution in [2.45, 2.75) is 45.2 Å². The van der Waals surface area contributed by atoms with Crippen LogP contribution in [0, 0.1) is 6.92 Å². The molecule has 1 aliphatic carbocycles. The van der Waals surface area contributed by atoms with Crippen molar-refractivity contribution in [3.8, 4) is 0 Å². The lowest BCUT2D eigenvalue weighted by molar-refractivity contribution is 0.0733. The van der Waals surface area contributed by atoms with Crippen molar-refractivity contribution in [2.75, 3.05) is 11.9 Å². The van der Waals surface area contributed by atoms with Gasteiger partial charge in [0, 0.05) is 18.3 Å². The van der Waals surface area contributed by atoms with Crippen molar-refractivity contribution in [1.29, 1.82) is 0 Å². The summed E-state index contributed by atoms with van der Waals surface area (Å²) in [5.41, 5.74) is 3.17. The van der Waals surface area contributed by atoms with E-state index in [9.17, 15) is 4.79 Å². The van der Waals surface area contributed by atoms with Crippen molar-refractivity contribution in [3.05, 3.63) is 47.2 Å². The Morgan fingerprint density at radius 3 is 3.00 bits per heavy atom. The molecule has 138 valence electrons. The van der Waals surface area contributed by atoms with E-state index < -0.39 is 0 Å². The molecule has 1 N–H and O–H groups in total. The van der Waals surface area contributed by atoms with Gasteiger partial charge in [0.2, 0.25) is 5.71 Å². The molecule has 2 aliphatic rings. The number of pyridine rings is 1. The summed E-state index contributed by atoms with van der Waals surface area (Å²) in [5.74, 6) is 1.24. The minimum absolute atomic E-state index is 0.0410. The van der Waals surface area contributed by atoms with Crippen LogP contribution in [-0.4, -0.2) is 37.8 Å². The number of aromatic nitrogens is 3. The lowest BCUT2D eigenvalue weighted by Gasteiger charge is -2.27. The van der Waals surface area contributed by atoms with Crippen LogP contribution in [-0.2, 0) is 13.0 Å². The Morgan fingerprint density at radius 1 is 1.33 bits per heavy atom. The Hall–Kier alpha value is -2.96. The maximum atomic E-state index is 13.3. The maximum absolute atomic E-state index is 13.3. The molecule has 7 nitrogen and oxygen atoms in total. The van der Waals surface area contributed by atoms with Gasteiger partial charge in [0.15, 0.2) is 0 Å². The number of aryl methyl sites for hydroxylation is 1. The number of fused-ring (bicyclic) bond motifs is 2. The van der Waals surface area contributed by atoms with Crippen LogP contribution in [0.4, 0.5) is 5.82 Å². The highest BCUT2D eigenvalue weighted by Crippen LogP contribution is 2.40. The van der Waals surface area contributed by atoms with Gasteiger partial charge in [-0.2, -0.15) is 4.98 Å². The number of carbonyl (C=O) groups excluding carboxylic acids is 1. The van der Waals surface area contributed by atoms with Gasteiger partial charge in [0.05, 0.1) is 23.2 Å². The Morgan fingerprint density at radius 2 is 2.19 bits per heavy atom. The second kappa shape index (κ2) is 5.77. The minimum atomic E-state index is -0.0680. The quantitative estimate of drug-likeness (QED) is 0.770. The van der Waals surface area contributed by atoms with E-state index in [0.29, 0.717) is 41.4 Å². The molecule has 1 amide bonds. The molecule has 1 saturated carbocycles. The van der Waals surface area contributed by atoms with Gasteiger partial charge in [-0.25, -0.2) is 4.98 Å². The zero-order valence-electron chi connectivity index (χ0n) is 15.5. The number of nitrogens with zero attached hydrogens (tertiary/aromatic N) is 4. The summed E-state index contributed by atoms with van der Waals surface area (Å²) in [6.45, 7) is 5.16. The normalized spacial score (nSPS) is 17.6. The first-order chi connectivity index (χ1) is 13.0. The van der Waals surface area contributed by atoms with E-state index in [2.05, 4.69) is 33.3 Å². The number of hydrogen-bond acceptors (Lipinski definition) is 6. The molecule has 5 rings (SSSR count). The molecule has 1 fully saturated rings. The van der Waals surface area contributed by atoms with Crippen molar-refractivity contribution in [3.63, 3.8) is 0 Å². The molecule has 1 aliphatic heterocycles. The van der Waals surface area contributed by atoms with Crippen LogP contribution in [0.15, 0.2) is 29.0 Å². The van der Waals surface area contributed by atoms with Gasteiger partial charge in [-0.1, -0.05) is 6.07 Å². The molecule has 0 aromatic carbocycles. The molecule has 0 bridgehead atoms. The average Bonchev–Trinajstić information content (AvgIpc) is 3.23. The van der Waals surface area contributed by atoms with Crippen molar-refractivity contribution in [2.24, 2.45) is 0 Å². The topological polar surface area (TPSA) is 84.2 Å². The van der Waals surface area contributed by atoms with Crippen LogP contribution in [0.3, 0.4) is 0 Å². The maximum Gasteiger partial charge on any atom is 0.258 e. The molecule has 0 saturated heterocycles. The highest BCUT2D eigenvalue weighted by molar-refractivity contribution is 6.09. The Kier molecular flexibility index (Phi) is 3.47. The van der Waals surface area contributed by atoms with Gasteiger partial charge in [-0.3, -0.25) is 9.78 Å². The zero-order valence-corrected chi connectivity index (χ0v) is 15.5. The molecule has 3 aromatic heterocycles. The standard InChI is InChI=1S/C20H21N5O2/c1-12-22-17(24-20(2)6-7-20)16-14(11-27-18(16)23-12)19(26)25-9-5-13-4-3-8-21-15(13)10-25/h3-4,8,11H,5-7,9-10H2,1-2H3,(H,22,23,24). The molecule has 4 heterocycles. The second-order valence-electron chi connectivity index (χ2n) is 7.72. The molecular weight excluding hydrogens is 342 g/mol. The molecular formula is C20H21N5O2. The highest BCUT2D eigenvalue weighted by atomic mass is 16.3. The largest absolute Gasteiger partial charge is 0.445 e. The first kappa shape index (κ1) is 16.2. The zero-order chi connectivity index (χ0) is 18.6. The van der Waals surface area contributed by atoms with E-state index >= 15 is 0 Å². The highest BCUT2D eigenvalue weighted by Gasteiger charge is 2.38. The predicted molar refractivity (Wildman–Crippen MR) is 100 cm³/mol. The van der Waals surface area contributed by atoms with E-state index in [0.717, 1.165) is 25.0 Å². The first-order valence-electron chi connectivity index (χ1n) is 9.28. The second-order valence-corrected chi connectivity index (χ2v) is 7.72. The number of amides is 1. The summed E-state index contributed by atoms with van der Waals surface area (Å²) in [6, 6.07) is 4.02. The fraction of sp³-hybridized carbons (Fsp3) is 0.400. The number of carbonyl (C=O) groups is 1. The summed E-state index contributed by atoms with van der Waals surface area (Å²) >= 11 is 0. The van der Waals surface area contributed by atoms with Crippen LogP contribution >= 0.6 is 0 Å². The summed E-state index contributed by atoms with van der Waals surface area (Å²) in [7, 11) is 0. The third-order valence-electron chi connectivity index (χ3n) is 5.46. The number of anilines is 1. The van der Waals surface area contributed by atoms with Gasteiger partial charge in [-0.05, 0) is 44.7 Å². The van der Waals surface area contributed by atoms with Gasteiger partial charge in [0.25, 0.3) is 5.91 Å². The van der Waals surface area contributed by atoms with E-state index in [4.69, 9.17) is 4.42 Å². The Labute approximate surface area is 156 Å². The summed E-state index contributed by atoms with van der Waals surface area (Å²) < 4.78 is 5.63. The molecule has 0 unspecified atom stereocenters. The van der Waals surface area contributed by atoms with Crippen molar-refractivity contribution < 1.29 is 9.21 Å². The fourth-order valence-corrected chi connectivity index (χ4v) is 3.59. The summed E-state index contributed by atoms with van der Waals surface area (Å²) in [4.78, 5) is 28.4. The van der Waals surface area contributed by atoms with Crippen molar-refractivity contribution in [1.82, 2.24) is 19.9 Å². The van der Waals surface area contributed by atoms with E-state index in [1.807, 2.05) is 17.9 Å². The predicted octanol–water partition coefficient (Wildman–Crippen LogP) is 3.09. The van der Waals surface area contributed by atoms with Gasteiger partial charge < -0.3 is 14.6 Å². The Balaban J connectivity index is 1.52. The minimum Gasteiger partial charge on any atom is -0.445 e. The summed E-state index contributed by atoms with van der Waals surface area (Å²) in [6.07, 6.45) is 6.27. The van der Waals surface area contributed by atoms with E-state index in [1.54, 1.807) is 6.20 Å². The molecule has 0 atom stereocenters. The molecule has 0 radical (unpaired) electrons. The lowest BCUT2D eigenvalue weighted by atomic mass is 10.0. The van der Waals surface area contributed by atoms with Gasteiger partial charge in [0.1, 0.15) is 17.9 Å². The van der Waals surface area contributed by atoms with Gasteiger partial charge >= 0.3 is 0 Å². The van der Waals surface area contributed by atoms with Crippen LogP contribution < -0.4 is 5.32 Å².